The molecule has 0 bridgehead atoms. The van der Waals surface area contributed by atoms with Crippen molar-refractivity contribution in [2.45, 2.75) is 26.9 Å². The first-order valence-corrected chi connectivity index (χ1v) is 17.9. The molecule has 0 amide bonds. The van der Waals surface area contributed by atoms with Gasteiger partial charge in [0.25, 0.3) is 0 Å². The van der Waals surface area contributed by atoms with E-state index in [1.807, 2.05) is 0 Å². The first-order chi connectivity index (χ1) is 16.4. The fourth-order valence-corrected chi connectivity index (χ4v) is 4.25. The first kappa shape index (κ1) is 24.6. The van der Waals surface area contributed by atoms with E-state index in [2.05, 4.69) is 136 Å². The Morgan fingerprint density at radius 2 is 1.15 bits per heavy atom. The molecule has 0 nitrogen and oxygen atoms in total. The maximum atomic E-state index is 2.31. The van der Waals surface area contributed by atoms with Crippen molar-refractivity contribution in [3.63, 3.8) is 0 Å². The van der Waals surface area contributed by atoms with Gasteiger partial charge < -0.3 is 0 Å². The van der Waals surface area contributed by atoms with Crippen molar-refractivity contribution >= 4 is 37.8 Å². The Kier molecular flexibility index (Phi) is 8.14. The summed E-state index contributed by atoms with van der Waals surface area (Å²) in [7, 11) is 0. The summed E-state index contributed by atoms with van der Waals surface area (Å²) in [4.78, 5) is 0. The first-order valence-electron chi connectivity index (χ1n) is 11.7. The van der Waals surface area contributed by atoms with E-state index in [0.717, 1.165) is 0 Å². The van der Waals surface area contributed by atoms with Crippen LogP contribution < -0.4 is 0 Å². The van der Waals surface area contributed by atoms with E-state index in [9.17, 15) is 0 Å². The summed E-state index contributed by atoms with van der Waals surface area (Å²) in [6.45, 7) is 8.91. The second-order valence-electron chi connectivity index (χ2n) is 9.03. The fraction of sp³-hybridized carbons (Fsp3) is 0.125. The number of hydrogen-bond donors (Lipinski definition) is 0. The quantitative estimate of drug-likeness (QED) is 0.146. The summed E-state index contributed by atoms with van der Waals surface area (Å²) in [6, 6.07) is 39.0. The van der Waals surface area contributed by atoms with Crippen LogP contribution in [0.15, 0.2) is 109 Å². The van der Waals surface area contributed by atoms with E-state index in [4.69, 9.17) is 0 Å². The van der Waals surface area contributed by atoms with E-state index >= 15 is 0 Å². The Morgan fingerprint density at radius 1 is 0.618 bits per heavy atom. The molecule has 0 atom stereocenters. The molecule has 0 fully saturated rings. The number of benzene rings is 4. The average molecular weight is 534 g/mol. The topological polar surface area (TPSA) is 0 Å². The number of aryl methyl sites for hydroxylation is 2. The maximum Gasteiger partial charge on any atom is -0.0410 e. The van der Waals surface area contributed by atoms with Crippen LogP contribution in [0.2, 0.25) is 13.1 Å². The molecular formula is C32H30SiZr. The van der Waals surface area contributed by atoms with Crippen molar-refractivity contribution in [3.8, 4) is 11.1 Å². The molecule has 6 rings (SSSR count). The molecule has 2 heteroatoms. The second kappa shape index (κ2) is 11.3. The van der Waals surface area contributed by atoms with Crippen LogP contribution in [-0.2, 0) is 23.3 Å². The summed E-state index contributed by atoms with van der Waals surface area (Å²) in [5.74, 6) is 0. The minimum Gasteiger partial charge on any atom is -0.150 e. The third kappa shape index (κ3) is 5.93. The van der Waals surface area contributed by atoms with E-state index < -0.39 is 0 Å². The van der Waals surface area contributed by atoms with Gasteiger partial charge in [0.15, 0.2) is 0 Å². The molecule has 0 heterocycles. The van der Waals surface area contributed by atoms with Crippen LogP contribution in [0.5, 0.6) is 0 Å². The Balaban J connectivity index is 0.000000140. The van der Waals surface area contributed by atoms with Crippen molar-refractivity contribution < 1.29 is 23.3 Å². The van der Waals surface area contributed by atoms with Gasteiger partial charge in [-0.2, -0.15) is 0 Å². The van der Waals surface area contributed by atoms with Crippen molar-refractivity contribution in [2.75, 3.05) is 0 Å². The Labute approximate surface area is 218 Å². The van der Waals surface area contributed by atoms with Crippen molar-refractivity contribution in [3.05, 3.63) is 120 Å². The standard InChI is InChI=1S/C15H13.C15H11.C2H6Si.Zr/c1-10-3-5-12-9-13-6-4-11(2)8-15(13)14(12)7-10;1-2-6-12(7-3-1)15-11-10-13-8-4-5-9-14(13)15;1-3-2;/h3-9H,1-2H3;1-11H;1-2H3;/q2*-1;;+2. The monoisotopic (exact) mass is 532 g/mol. The van der Waals surface area contributed by atoms with Crippen molar-refractivity contribution in [1.82, 2.24) is 0 Å². The minimum atomic E-state index is 0.210. The molecular weight excluding hydrogens is 504 g/mol. The molecule has 6 aromatic carbocycles. The molecule has 0 N–H and O–H groups in total. The van der Waals surface area contributed by atoms with E-state index in [0.29, 0.717) is 0 Å². The molecule has 0 radical (unpaired) electrons. The summed E-state index contributed by atoms with van der Waals surface area (Å²) in [5.41, 5.74) is 5.49. The Bertz CT molecular complexity index is 1490. The van der Waals surface area contributed by atoms with Crippen molar-refractivity contribution in [2.24, 2.45) is 0 Å². The van der Waals surface area contributed by atoms with Crippen LogP contribution in [0.1, 0.15) is 11.1 Å². The van der Waals surface area contributed by atoms with Crippen LogP contribution in [0, 0.1) is 13.8 Å². The number of rotatable bonds is 1. The van der Waals surface area contributed by atoms with E-state index in [1.54, 1.807) is 23.3 Å². The molecule has 166 valence electrons. The normalized spacial score (nSPS) is 10.5. The largest absolute Gasteiger partial charge is 0.150 e. The number of hydrogen-bond acceptors (Lipinski definition) is 0. The average Bonchev–Trinajstić information content (AvgIpc) is 3.41. The van der Waals surface area contributed by atoms with Crippen LogP contribution in [0.4, 0.5) is 0 Å². The van der Waals surface area contributed by atoms with Crippen LogP contribution in [0.25, 0.3) is 43.4 Å². The Hall–Kier alpha value is -2.54. The van der Waals surface area contributed by atoms with Gasteiger partial charge in [0, 0.05) is 0 Å². The van der Waals surface area contributed by atoms with Gasteiger partial charge in [-0.05, 0) is 13.8 Å². The second-order valence-corrected chi connectivity index (χ2v) is 18.4. The zero-order valence-corrected chi connectivity index (χ0v) is 23.9. The number of fused-ring (bicyclic) bond motifs is 4. The van der Waals surface area contributed by atoms with Gasteiger partial charge in [-0.3, -0.25) is 0 Å². The van der Waals surface area contributed by atoms with Gasteiger partial charge in [-0.25, -0.2) is 0 Å². The molecule has 0 spiro atoms. The predicted molar refractivity (Wildman–Crippen MR) is 149 cm³/mol. The summed E-state index contributed by atoms with van der Waals surface area (Å²) >= 11 is 1.74. The molecule has 6 aromatic rings. The summed E-state index contributed by atoms with van der Waals surface area (Å²) < 4.78 is 0. The zero-order valence-electron chi connectivity index (χ0n) is 20.4. The van der Waals surface area contributed by atoms with Gasteiger partial charge in [0.1, 0.15) is 0 Å². The molecule has 34 heavy (non-hydrogen) atoms. The SMILES string of the molecule is C[Si](C)=[Zr+2].Cc1ccc2[cH-]c3ccc(C)cc3c2c1.c1ccc(-c2c[cH-]c3ccccc23)cc1. The van der Waals surface area contributed by atoms with Gasteiger partial charge in [0.05, 0.1) is 0 Å². The molecule has 0 aliphatic carbocycles. The van der Waals surface area contributed by atoms with Crippen molar-refractivity contribution in [1.29, 1.82) is 0 Å². The maximum absolute atomic E-state index is 2.31. The smallest absolute Gasteiger partial charge is 0.0410 e. The summed E-state index contributed by atoms with van der Waals surface area (Å²) in [6.07, 6.45) is 0. The third-order valence-electron chi connectivity index (χ3n) is 5.78. The zero-order chi connectivity index (χ0) is 24.1. The molecule has 0 unspecified atom stereocenters. The van der Waals surface area contributed by atoms with Crippen LogP contribution in [0.3, 0.4) is 0 Å². The van der Waals surface area contributed by atoms with Gasteiger partial charge in [-0.15, -0.1) is 86.4 Å². The van der Waals surface area contributed by atoms with Crippen LogP contribution in [-0.4, -0.2) is 5.43 Å². The molecule has 0 aliphatic rings. The molecule has 0 aliphatic heterocycles. The molecule has 0 saturated heterocycles. The van der Waals surface area contributed by atoms with Gasteiger partial charge in [0.2, 0.25) is 0 Å². The predicted octanol–water partition coefficient (Wildman–Crippen LogP) is 9.34. The van der Waals surface area contributed by atoms with Gasteiger partial charge in [-0.1, -0.05) is 77.4 Å². The Morgan fingerprint density at radius 3 is 1.74 bits per heavy atom. The summed E-state index contributed by atoms with van der Waals surface area (Å²) in [5, 5.41) is 8.12. The molecule has 0 aromatic heterocycles. The molecule has 0 saturated carbocycles. The third-order valence-corrected chi connectivity index (χ3v) is 5.78. The fourth-order valence-electron chi connectivity index (χ4n) is 4.25. The minimum absolute atomic E-state index is 0.210. The van der Waals surface area contributed by atoms with Crippen LogP contribution >= 0.6 is 0 Å². The van der Waals surface area contributed by atoms with E-state index in [-0.39, 0.29) is 5.43 Å². The van der Waals surface area contributed by atoms with Gasteiger partial charge >= 0.3 is 41.9 Å². The van der Waals surface area contributed by atoms with E-state index in [1.165, 1.54) is 54.6 Å².